The van der Waals surface area contributed by atoms with Gasteiger partial charge < -0.3 is 19.6 Å². The molecule has 486 valence electrons. The smallest absolute Gasteiger partial charge is 0.252 e. The van der Waals surface area contributed by atoms with Gasteiger partial charge in [-0.1, -0.05) is 253 Å². The van der Waals surface area contributed by atoms with Gasteiger partial charge in [-0.3, -0.25) is 0 Å². The first-order chi connectivity index (χ1) is 44.7. The Hall–Kier alpha value is -7.76. The molecule has 4 nitrogen and oxygen atoms in total. The molecule has 0 spiro atoms. The van der Waals surface area contributed by atoms with E-state index in [1.807, 2.05) is 0 Å². The van der Waals surface area contributed by atoms with Crippen molar-refractivity contribution in [1.29, 1.82) is 0 Å². The van der Waals surface area contributed by atoms with Crippen LogP contribution in [0.2, 0.25) is 0 Å². The molecule has 9 aromatic carbocycles. The first kappa shape index (κ1) is 63.3. The Morgan fingerprint density at radius 3 is 1.28 bits per heavy atom. The quantitative estimate of drug-likeness (QED) is 0.154. The molecule has 2 fully saturated rings. The fourth-order valence-electron chi connectivity index (χ4n) is 18.5. The van der Waals surface area contributed by atoms with Crippen LogP contribution in [-0.4, -0.2) is 17.8 Å². The molecule has 4 unspecified atom stereocenters. The summed E-state index contributed by atoms with van der Waals surface area (Å²) in [6, 6.07) is 73.5. The zero-order valence-electron chi connectivity index (χ0n) is 60.8. The Labute approximate surface area is 571 Å². The summed E-state index contributed by atoms with van der Waals surface area (Å²) in [5.41, 5.74) is 30.8. The van der Waals surface area contributed by atoms with Crippen molar-refractivity contribution in [2.24, 2.45) is 0 Å². The Kier molecular flexibility index (Phi) is 14.2. The van der Waals surface area contributed by atoms with Crippen LogP contribution in [0.15, 0.2) is 182 Å². The van der Waals surface area contributed by atoms with Crippen LogP contribution in [0.3, 0.4) is 0 Å². The molecule has 0 bridgehead atoms. The molecular formula is C90H103BN4. The van der Waals surface area contributed by atoms with Crippen LogP contribution in [0.5, 0.6) is 0 Å². The summed E-state index contributed by atoms with van der Waals surface area (Å²) in [4.78, 5) is 11.2. The van der Waals surface area contributed by atoms with Gasteiger partial charge >= 0.3 is 0 Å². The molecule has 0 aromatic heterocycles. The van der Waals surface area contributed by atoms with Crippen molar-refractivity contribution in [3.63, 3.8) is 0 Å². The van der Waals surface area contributed by atoms with Gasteiger partial charge in [0.15, 0.2) is 0 Å². The zero-order valence-corrected chi connectivity index (χ0v) is 60.8. The highest BCUT2D eigenvalue weighted by Gasteiger charge is 2.60. The van der Waals surface area contributed by atoms with Crippen LogP contribution in [0.4, 0.5) is 56.9 Å². The Balaban J connectivity index is 1.05. The van der Waals surface area contributed by atoms with Crippen molar-refractivity contribution in [2.75, 3.05) is 19.6 Å². The van der Waals surface area contributed by atoms with E-state index < -0.39 is 0 Å². The van der Waals surface area contributed by atoms with E-state index in [1.54, 1.807) is 0 Å². The third-order valence-electron chi connectivity index (χ3n) is 24.8. The average molecular weight is 1250 g/mol. The summed E-state index contributed by atoms with van der Waals surface area (Å²) in [5, 5.41) is 0. The average Bonchev–Trinajstić information content (AvgIpc) is 1.68. The molecule has 0 saturated heterocycles. The lowest BCUT2D eigenvalue weighted by Gasteiger charge is -2.51. The first-order valence-corrected chi connectivity index (χ1v) is 36.1. The standard InChI is InChI=1S/C90H103BN4/c1-82(2,3)61-32-29-58(30-33-61)60-31-44-75-70(51-60)87(16)47-23-26-50-90(87,19)95(75)68-56-79-81-80(57-68)93(74-45-37-63(84(7,8)9)52-69(74)59-27-21-20-22-28-59)77-54-65(86(13,14)15)36-42-72(77)91(81)73-43-41-67(55-78(73)92(79)66-39-34-62(35-40-66)83(4,5)6)94-76-46-38-64(85(10,11)12)53-71(76)88(17)48-24-25-49-89(88,94)18/h20-22,27-46,51-57H,23-26,47-50H2,1-19H3. The molecule has 0 amide bonds. The molecule has 0 N–H and O–H groups in total. The Morgan fingerprint density at radius 2 is 0.716 bits per heavy atom. The van der Waals surface area contributed by atoms with Crippen LogP contribution in [0.1, 0.15) is 222 Å². The molecule has 4 atom stereocenters. The van der Waals surface area contributed by atoms with E-state index in [4.69, 9.17) is 0 Å². The van der Waals surface area contributed by atoms with Crippen LogP contribution < -0.4 is 36.0 Å². The summed E-state index contributed by atoms with van der Waals surface area (Å²) in [5.74, 6) is 0. The molecule has 5 heteroatoms. The van der Waals surface area contributed by atoms with Gasteiger partial charge in [0.2, 0.25) is 0 Å². The highest BCUT2D eigenvalue weighted by Crippen LogP contribution is 2.64. The topological polar surface area (TPSA) is 13.0 Å². The number of nitrogens with zero attached hydrogens (tertiary/aromatic N) is 4. The predicted molar refractivity (Wildman–Crippen MR) is 410 cm³/mol. The highest BCUT2D eigenvalue weighted by molar-refractivity contribution is 7.00. The number of fused-ring (bicyclic) bond motifs is 10. The van der Waals surface area contributed by atoms with Crippen LogP contribution >= 0.6 is 0 Å². The van der Waals surface area contributed by atoms with Crippen molar-refractivity contribution in [3.05, 3.63) is 221 Å². The molecule has 95 heavy (non-hydrogen) atoms. The lowest BCUT2D eigenvalue weighted by Crippen LogP contribution is -2.61. The van der Waals surface area contributed by atoms with Crippen molar-refractivity contribution < 1.29 is 0 Å². The van der Waals surface area contributed by atoms with Crippen LogP contribution in [0.25, 0.3) is 22.3 Å². The number of hydrogen-bond acceptors (Lipinski definition) is 4. The first-order valence-electron chi connectivity index (χ1n) is 36.1. The second-order valence-electron chi connectivity index (χ2n) is 35.8. The monoisotopic (exact) mass is 1250 g/mol. The molecule has 4 heterocycles. The molecule has 2 saturated carbocycles. The van der Waals surface area contributed by atoms with Gasteiger partial charge in [0.1, 0.15) is 0 Å². The van der Waals surface area contributed by atoms with E-state index in [0.717, 1.165) is 19.3 Å². The maximum atomic E-state index is 2.87. The van der Waals surface area contributed by atoms with Gasteiger partial charge in [-0.2, -0.15) is 0 Å². The summed E-state index contributed by atoms with van der Waals surface area (Å²) in [7, 11) is 0. The Morgan fingerprint density at radius 1 is 0.305 bits per heavy atom. The Bertz CT molecular complexity index is 4540. The van der Waals surface area contributed by atoms with E-state index in [9.17, 15) is 0 Å². The summed E-state index contributed by atoms with van der Waals surface area (Å²) >= 11 is 0. The zero-order chi connectivity index (χ0) is 67.1. The number of benzene rings is 9. The minimum atomic E-state index is -0.236. The van der Waals surface area contributed by atoms with Crippen LogP contribution in [-0.2, 0) is 37.9 Å². The molecule has 9 aromatic rings. The summed E-state index contributed by atoms with van der Waals surface area (Å²) in [6.45, 7) is 45.7. The van der Waals surface area contributed by atoms with Gasteiger partial charge in [-0.05, 0) is 211 Å². The van der Waals surface area contributed by atoms with Gasteiger partial charge in [-0.15, -0.1) is 0 Å². The summed E-state index contributed by atoms with van der Waals surface area (Å²) in [6.07, 6.45) is 9.40. The van der Waals surface area contributed by atoms with E-state index in [-0.39, 0.29) is 55.7 Å². The third-order valence-corrected chi connectivity index (χ3v) is 24.8. The van der Waals surface area contributed by atoms with Crippen molar-refractivity contribution in [3.8, 4) is 22.3 Å². The largest absolute Gasteiger partial charge is 0.334 e. The second-order valence-corrected chi connectivity index (χ2v) is 35.8. The lowest BCUT2D eigenvalue weighted by atomic mass is 9.33. The summed E-state index contributed by atoms with van der Waals surface area (Å²) < 4.78 is 0. The fraction of sp³-hybridized carbons (Fsp3) is 0.400. The molecule has 2 aliphatic carbocycles. The number of rotatable bonds is 6. The van der Waals surface area contributed by atoms with Crippen molar-refractivity contribution in [1.82, 2.24) is 0 Å². The van der Waals surface area contributed by atoms with E-state index in [0.29, 0.717) is 0 Å². The molecular weight excluding hydrogens is 1150 g/mol. The van der Waals surface area contributed by atoms with Gasteiger partial charge in [0, 0.05) is 67.6 Å². The number of hydrogen-bond donors (Lipinski definition) is 0. The highest BCUT2D eigenvalue weighted by atomic mass is 15.3. The molecule has 6 aliphatic rings. The van der Waals surface area contributed by atoms with E-state index >= 15 is 0 Å². The van der Waals surface area contributed by atoms with Gasteiger partial charge in [0.25, 0.3) is 6.71 Å². The maximum Gasteiger partial charge on any atom is 0.252 e. The minimum absolute atomic E-state index is 0.0236. The maximum absolute atomic E-state index is 2.87. The molecule has 15 rings (SSSR count). The minimum Gasteiger partial charge on any atom is -0.334 e. The van der Waals surface area contributed by atoms with Crippen LogP contribution in [0, 0.1) is 0 Å². The molecule has 0 radical (unpaired) electrons. The SMILES string of the molecule is CC(C)(C)c1ccc(-c2ccc3c(c2)C2(C)CCCCC2(C)N3c2cc3c4c(c2)N(c2ccc(C(C)(C)C)cc2-c2ccccc2)c2cc(C(C)(C)C)ccc2B4c2ccc(N4c5ccc(C(C)(C)C)cc5C5(C)CCCCC45C)cc2N3c2ccc(C(C)(C)C)cc2)cc1. The van der Waals surface area contributed by atoms with Gasteiger partial charge in [0.05, 0.1) is 16.8 Å². The van der Waals surface area contributed by atoms with E-state index in [2.05, 4.69) is 333 Å². The lowest BCUT2D eigenvalue weighted by molar-refractivity contribution is 0.195. The fourth-order valence-corrected chi connectivity index (χ4v) is 18.5. The van der Waals surface area contributed by atoms with E-state index in [1.165, 1.54) is 167 Å². The predicted octanol–water partition coefficient (Wildman–Crippen LogP) is 23.1. The second kappa shape index (κ2) is 21.4. The third kappa shape index (κ3) is 9.70. The van der Waals surface area contributed by atoms with Crippen molar-refractivity contribution in [2.45, 2.75) is 232 Å². The number of anilines is 10. The normalized spacial score (nSPS) is 22.2. The van der Waals surface area contributed by atoms with Crippen molar-refractivity contribution >= 4 is 80.0 Å². The molecule has 4 aliphatic heterocycles. The van der Waals surface area contributed by atoms with Gasteiger partial charge in [-0.25, -0.2) is 0 Å².